The van der Waals surface area contributed by atoms with Gasteiger partial charge in [-0.05, 0) is 36.8 Å². The fourth-order valence-electron chi connectivity index (χ4n) is 2.08. The van der Waals surface area contributed by atoms with E-state index in [1.54, 1.807) is 6.07 Å². The highest BCUT2D eigenvalue weighted by atomic mass is 16.4. The first kappa shape index (κ1) is 12.2. The van der Waals surface area contributed by atoms with Gasteiger partial charge in [0.25, 0.3) is 6.01 Å². The molecule has 0 fully saturated rings. The lowest BCUT2D eigenvalue weighted by Gasteiger charge is -2.12. The Morgan fingerprint density at radius 2 is 2.05 bits per heavy atom. The lowest BCUT2D eigenvalue weighted by molar-refractivity contribution is 0.604. The Bertz CT molecular complexity index is 753. The summed E-state index contributed by atoms with van der Waals surface area (Å²) in [5.74, 6) is 0. The molecule has 1 atom stereocenters. The van der Waals surface area contributed by atoms with Crippen LogP contribution in [0.1, 0.15) is 24.1 Å². The number of fused-ring (bicyclic) bond motifs is 1. The molecule has 0 spiro atoms. The van der Waals surface area contributed by atoms with Gasteiger partial charge in [0.2, 0.25) is 0 Å². The van der Waals surface area contributed by atoms with E-state index in [0.717, 1.165) is 16.7 Å². The van der Waals surface area contributed by atoms with Crippen LogP contribution in [0.15, 0.2) is 52.9 Å². The van der Waals surface area contributed by atoms with E-state index in [1.165, 1.54) is 0 Å². The summed E-state index contributed by atoms with van der Waals surface area (Å²) in [6.45, 7) is 2.01. The van der Waals surface area contributed by atoms with Crippen LogP contribution in [0.4, 0.5) is 6.01 Å². The van der Waals surface area contributed by atoms with Crippen molar-refractivity contribution in [3.63, 3.8) is 0 Å². The predicted octanol–water partition coefficient (Wildman–Crippen LogP) is 3.87. The summed E-state index contributed by atoms with van der Waals surface area (Å²) in [7, 11) is 0. The lowest BCUT2D eigenvalue weighted by Crippen LogP contribution is -2.06. The van der Waals surface area contributed by atoms with Crippen LogP contribution < -0.4 is 5.32 Å². The maximum absolute atomic E-state index is 8.93. The van der Waals surface area contributed by atoms with Crippen LogP contribution in [0.5, 0.6) is 0 Å². The van der Waals surface area contributed by atoms with Crippen LogP contribution in [0.2, 0.25) is 0 Å². The zero-order valence-corrected chi connectivity index (χ0v) is 11.0. The van der Waals surface area contributed by atoms with E-state index in [0.29, 0.717) is 11.6 Å². The molecular weight excluding hydrogens is 250 g/mol. The summed E-state index contributed by atoms with van der Waals surface area (Å²) in [5, 5.41) is 12.1. The molecule has 20 heavy (non-hydrogen) atoms. The van der Waals surface area contributed by atoms with Crippen LogP contribution in [0, 0.1) is 11.3 Å². The number of oxazole rings is 1. The van der Waals surface area contributed by atoms with Crippen LogP contribution in [-0.2, 0) is 0 Å². The van der Waals surface area contributed by atoms with Crippen molar-refractivity contribution in [3.05, 3.63) is 59.7 Å². The molecule has 4 heteroatoms. The van der Waals surface area contributed by atoms with Gasteiger partial charge in [-0.3, -0.25) is 0 Å². The molecule has 1 unspecified atom stereocenters. The van der Waals surface area contributed by atoms with E-state index in [4.69, 9.17) is 9.68 Å². The summed E-state index contributed by atoms with van der Waals surface area (Å²) < 4.78 is 5.63. The van der Waals surface area contributed by atoms with Gasteiger partial charge in [0.1, 0.15) is 5.52 Å². The Balaban J connectivity index is 1.84. The monoisotopic (exact) mass is 263 g/mol. The average molecular weight is 263 g/mol. The third-order valence-electron chi connectivity index (χ3n) is 3.15. The number of nitrogens with zero attached hydrogens (tertiary/aromatic N) is 2. The molecule has 0 saturated carbocycles. The molecule has 0 aliphatic rings. The van der Waals surface area contributed by atoms with Crippen LogP contribution in [-0.4, -0.2) is 4.98 Å². The average Bonchev–Trinajstić information content (AvgIpc) is 2.89. The standard InChI is InChI=1S/C16H13N3O/c1-11(13-6-4-5-12(9-13)10-17)18-16-19-14-7-2-3-8-15(14)20-16/h2-9,11H,1H3,(H,18,19). The number of aromatic nitrogens is 1. The van der Waals surface area contributed by atoms with Crippen LogP contribution in [0.3, 0.4) is 0 Å². The van der Waals surface area contributed by atoms with Crippen molar-refractivity contribution < 1.29 is 4.42 Å². The van der Waals surface area contributed by atoms with E-state index in [2.05, 4.69) is 16.4 Å². The second-order valence-corrected chi connectivity index (χ2v) is 4.59. The van der Waals surface area contributed by atoms with Gasteiger partial charge in [-0.2, -0.15) is 10.2 Å². The van der Waals surface area contributed by atoms with E-state index in [1.807, 2.05) is 49.4 Å². The molecule has 4 nitrogen and oxygen atoms in total. The van der Waals surface area contributed by atoms with E-state index in [9.17, 15) is 0 Å². The highest BCUT2D eigenvalue weighted by Gasteiger charge is 2.10. The molecule has 0 aliphatic heterocycles. The Morgan fingerprint density at radius 1 is 1.20 bits per heavy atom. The minimum atomic E-state index is 0.0105. The molecule has 2 aromatic carbocycles. The van der Waals surface area contributed by atoms with Crippen molar-refractivity contribution in [2.75, 3.05) is 5.32 Å². The molecule has 0 saturated heterocycles. The van der Waals surface area contributed by atoms with Gasteiger partial charge in [0.05, 0.1) is 17.7 Å². The molecule has 3 rings (SSSR count). The second-order valence-electron chi connectivity index (χ2n) is 4.59. The Morgan fingerprint density at radius 3 is 2.85 bits per heavy atom. The number of nitrogens with one attached hydrogen (secondary N) is 1. The Kier molecular flexibility index (Phi) is 3.10. The zero-order valence-electron chi connectivity index (χ0n) is 11.0. The van der Waals surface area contributed by atoms with Gasteiger partial charge < -0.3 is 9.73 Å². The number of para-hydroxylation sites is 2. The Labute approximate surface area is 116 Å². The molecule has 1 heterocycles. The highest BCUT2D eigenvalue weighted by Crippen LogP contribution is 2.23. The number of rotatable bonds is 3. The van der Waals surface area contributed by atoms with Crippen molar-refractivity contribution in [1.82, 2.24) is 4.98 Å². The number of benzene rings is 2. The van der Waals surface area contributed by atoms with Crippen molar-refractivity contribution in [1.29, 1.82) is 5.26 Å². The quantitative estimate of drug-likeness (QED) is 0.779. The smallest absolute Gasteiger partial charge is 0.296 e. The molecule has 0 aliphatic carbocycles. The molecule has 0 radical (unpaired) electrons. The second kappa shape index (κ2) is 5.06. The molecule has 0 amide bonds. The SMILES string of the molecule is CC(Nc1nc2ccccc2o1)c1cccc(C#N)c1. The van der Waals surface area contributed by atoms with Crippen LogP contribution >= 0.6 is 0 Å². The number of anilines is 1. The van der Waals surface area contributed by atoms with Crippen molar-refractivity contribution in [2.24, 2.45) is 0 Å². The van der Waals surface area contributed by atoms with Gasteiger partial charge in [-0.1, -0.05) is 24.3 Å². The van der Waals surface area contributed by atoms with Gasteiger partial charge in [0.15, 0.2) is 5.58 Å². The van der Waals surface area contributed by atoms with Gasteiger partial charge >= 0.3 is 0 Å². The normalized spacial score (nSPS) is 12.0. The Hall–Kier alpha value is -2.80. The predicted molar refractivity (Wildman–Crippen MR) is 77.2 cm³/mol. The summed E-state index contributed by atoms with van der Waals surface area (Å²) in [5.41, 5.74) is 3.25. The first-order valence-electron chi connectivity index (χ1n) is 6.38. The van der Waals surface area contributed by atoms with E-state index < -0.39 is 0 Å². The van der Waals surface area contributed by atoms with Crippen molar-refractivity contribution >= 4 is 17.1 Å². The summed E-state index contributed by atoms with van der Waals surface area (Å²) in [6, 6.07) is 17.8. The fraction of sp³-hybridized carbons (Fsp3) is 0.125. The molecule has 98 valence electrons. The molecule has 0 bridgehead atoms. The number of hydrogen-bond acceptors (Lipinski definition) is 4. The molecule has 3 aromatic rings. The number of hydrogen-bond donors (Lipinski definition) is 1. The largest absolute Gasteiger partial charge is 0.424 e. The highest BCUT2D eigenvalue weighted by molar-refractivity contribution is 5.74. The minimum absolute atomic E-state index is 0.0105. The van der Waals surface area contributed by atoms with Gasteiger partial charge in [-0.25, -0.2) is 0 Å². The maximum Gasteiger partial charge on any atom is 0.296 e. The number of nitriles is 1. The molecule has 1 aromatic heterocycles. The van der Waals surface area contributed by atoms with Crippen LogP contribution in [0.25, 0.3) is 11.1 Å². The minimum Gasteiger partial charge on any atom is -0.424 e. The fourth-order valence-corrected chi connectivity index (χ4v) is 2.08. The maximum atomic E-state index is 8.93. The van der Waals surface area contributed by atoms with E-state index >= 15 is 0 Å². The summed E-state index contributed by atoms with van der Waals surface area (Å²) >= 11 is 0. The third-order valence-corrected chi connectivity index (χ3v) is 3.15. The first-order valence-corrected chi connectivity index (χ1v) is 6.38. The lowest BCUT2D eigenvalue weighted by atomic mass is 10.1. The molecule has 1 N–H and O–H groups in total. The summed E-state index contributed by atoms with van der Waals surface area (Å²) in [4.78, 5) is 4.38. The van der Waals surface area contributed by atoms with Gasteiger partial charge in [0, 0.05) is 0 Å². The van der Waals surface area contributed by atoms with E-state index in [-0.39, 0.29) is 6.04 Å². The zero-order chi connectivity index (χ0) is 13.9. The van der Waals surface area contributed by atoms with Crippen molar-refractivity contribution in [2.45, 2.75) is 13.0 Å². The van der Waals surface area contributed by atoms with Gasteiger partial charge in [-0.15, -0.1) is 0 Å². The van der Waals surface area contributed by atoms with Crippen molar-refractivity contribution in [3.8, 4) is 6.07 Å². The molecular formula is C16H13N3O. The third kappa shape index (κ3) is 2.34. The topological polar surface area (TPSA) is 61.9 Å². The first-order chi connectivity index (χ1) is 9.76. The summed E-state index contributed by atoms with van der Waals surface area (Å²) in [6.07, 6.45) is 0.